The number of hydrogen-bond donors (Lipinski definition) is 2. The first-order chi connectivity index (χ1) is 6.83. The molecule has 0 aromatic rings. The fourth-order valence-corrected chi connectivity index (χ4v) is 4.15. The third-order valence-corrected chi connectivity index (χ3v) is 5.13. The molecule has 1 atom stereocenters. The first-order valence-electron chi connectivity index (χ1n) is 4.94. The lowest BCUT2D eigenvalue weighted by Gasteiger charge is -2.07. The quantitative estimate of drug-likeness (QED) is 0.666. The van der Waals surface area contributed by atoms with Crippen molar-refractivity contribution in [2.75, 3.05) is 5.75 Å². The summed E-state index contributed by atoms with van der Waals surface area (Å²) in [6.45, 7) is 3.70. The lowest BCUT2D eigenvalue weighted by molar-refractivity contribution is 0.548. The lowest BCUT2D eigenvalue weighted by atomic mass is 10.4. The molecular formula is C8H19NO4S2. The van der Waals surface area contributed by atoms with Crippen LogP contribution in [-0.4, -0.2) is 28.3 Å². The standard InChI is InChI=1S/C8H19NO4S2/c1-3-5-7-14(10,11)9-15(12,13)8-6-4-2/h7H,3-6,8H2,1-2H3,(H2,9,10,11). The van der Waals surface area contributed by atoms with Gasteiger partial charge in [0.1, 0.15) is 0 Å². The first kappa shape index (κ1) is 14.9. The predicted molar refractivity (Wildman–Crippen MR) is 63.6 cm³/mol. The molecule has 0 saturated carbocycles. The lowest BCUT2D eigenvalue weighted by Crippen LogP contribution is -2.33. The van der Waals surface area contributed by atoms with Crippen LogP contribution in [0.5, 0.6) is 0 Å². The largest absolute Gasteiger partial charge is 0.302 e. The van der Waals surface area contributed by atoms with Crippen molar-refractivity contribution in [1.82, 2.24) is 4.13 Å². The van der Waals surface area contributed by atoms with Gasteiger partial charge >= 0.3 is 0 Å². The minimum atomic E-state index is -3.64. The molecule has 0 aromatic heterocycles. The van der Waals surface area contributed by atoms with E-state index in [4.69, 9.17) is 0 Å². The van der Waals surface area contributed by atoms with Crippen LogP contribution in [0.4, 0.5) is 0 Å². The molecule has 0 spiro atoms. The van der Waals surface area contributed by atoms with Gasteiger partial charge in [0.05, 0.1) is 5.75 Å². The van der Waals surface area contributed by atoms with E-state index in [0.717, 1.165) is 11.8 Å². The summed E-state index contributed by atoms with van der Waals surface area (Å²) >= 11 is 0. The van der Waals surface area contributed by atoms with Crippen molar-refractivity contribution in [1.29, 1.82) is 0 Å². The Morgan fingerprint density at radius 3 is 2.27 bits per heavy atom. The number of unbranched alkanes of at least 4 members (excludes halogenated alkanes) is 2. The molecule has 15 heavy (non-hydrogen) atoms. The van der Waals surface area contributed by atoms with Crippen LogP contribution < -0.4 is 4.13 Å². The molecule has 1 unspecified atom stereocenters. The topological polar surface area (TPSA) is 83.5 Å². The Morgan fingerprint density at radius 2 is 1.80 bits per heavy atom. The van der Waals surface area contributed by atoms with Gasteiger partial charge in [0.2, 0.25) is 10.0 Å². The van der Waals surface area contributed by atoms with Crippen LogP contribution in [0.1, 0.15) is 39.5 Å². The van der Waals surface area contributed by atoms with Crippen molar-refractivity contribution < 1.29 is 17.2 Å². The van der Waals surface area contributed by atoms with Gasteiger partial charge in [-0.3, -0.25) is 0 Å². The highest BCUT2D eigenvalue weighted by molar-refractivity contribution is 8.07. The highest BCUT2D eigenvalue weighted by Crippen LogP contribution is 1.96. The van der Waals surface area contributed by atoms with Crippen LogP contribution in [0, 0.1) is 0 Å². The Labute approximate surface area is 92.3 Å². The van der Waals surface area contributed by atoms with Gasteiger partial charge in [0.25, 0.3) is 0 Å². The van der Waals surface area contributed by atoms with Gasteiger partial charge in [0, 0.05) is 5.37 Å². The maximum atomic E-state index is 11.3. The van der Waals surface area contributed by atoms with Gasteiger partial charge in [-0.05, 0) is 12.8 Å². The van der Waals surface area contributed by atoms with Gasteiger partial charge < -0.3 is 4.55 Å². The van der Waals surface area contributed by atoms with E-state index in [0.29, 0.717) is 19.3 Å². The normalized spacial score (nSPS) is 15.9. The maximum absolute atomic E-state index is 11.3. The molecule has 5 nitrogen and oxygen atoms in total. The Kier molecular flexibility index (Phi) is 6.42. The van der Waals surface area contributed by atoms with Gasteiger partial charge in [-0.2, -0.15) is 0 Å². The zero-order valence-electron chi connectivity index (χ0n) is 9.10. The van der Waals surface area contributed by atoms with Crippen LogP contribution in [0.2, 0.25) is 0 Å². The summed E-state index contributed by atoms with van der Waals surface area (Å²) in [5.74, 6) is -0.110. The Balaban J connectivity index is 4.51. The molecule has 0 aromatic carbocycles. The van der Waals surface area contributed by atoms with Crippen LogP contribution in [0.15, 0.2) is 0 Å². The van der Waals surface area contributed by atoms with Crippen LogP contribution in [-0.2, 0) is 20.0 Å². The molecular weight excluding hydrogens is 238 g/mol. The Morgan fingerprint density at radius 1 is 1.20 bits per heavy atom. The third-order valence-electron chi connectivity index (χ3n) is 1.65. The van der Waals surface area contributed by atoms with Crippen molar-refractivity contribution in [3.05, 3.63) is 0 Å². The Hall–Kier alpha value is -0.110. The third kappa shape index (κ3) is 7.78. The highest BCUT2D eigenvalue weighted by atomic mass is 32.3. The summed E-state index contributed by atoms with van der Waals surface area (Å²) in [6.07, 6.45) is 2.32. The zero-order valence-corrected chi connectivity index (χ0v) is 10.7. The maximum Gasteiger partial charge on any atom is 0.223 e. The molecule has 92 valence electrons. The smallest absolute Gasteiger partial charge is 0.223 e. The molecule has 0 amide bonds. The molecule has 7 heteroatoms. The molecule has 0 aliphatic rings. The molecule has 0 aliphatic heterocycles. The summed E-state index contributed by atoms with van der Waals surface area (Å²) in [5.41, 5.74) is 0. The number of sulfonamides is 1. The van der Waals surface area contributed by atoms with Gasteiger partial charge in [-0.15, -0.1) is 4.13 Å². The number of hydrogen-bond acceptors (Lipinski definition) is 3. The molecule has 0 radical (unpaired) electrons. The van der Waals surface area contributed by atoms with Crippen LogP contribution in [0.25, 0.3) is 0 Å². The second-order valence-corrected chi connectivity index (χ2v) is 7.05. The van der Waals surface area contributed by atoms with E-state index in [1.807, 2.05) is 13.8 Å². The SMILES string of the molecule is CCCC=S(=O)(O)NS(=O)(=O)CCCC. The molecule has 0 aliphatic carbocycles. The van der Waals surface area contributed by atoms with Crippen molar-refractivity contribution >= 4 is 25.4 Å². The molecule has 0 heterocycles. The minimum absolute atomic E-state index is 0.110. The summed E-state index contributed by atoms with van der Waals surface area (Å²) < 4.78 is 45.0. The monoisotopic (exact) mass is 257 g/mol. The minimum Gasteiger partial charge on any atom is -0.302 e. The highest BCUT2D eigenvalue weighted by Gasteiger charge is 2.14. The second kappa shape index (κ2) is 6.47. The zero-order chi connectivity index (χ0) is 11.9. The number of nitrogens with one attached hydrogen (secondary N) is 1. The average Bonchev–Trinajstić information content (AvgIpc) is 2.10. The number of rotatable bonds is 7. The van der Waals surface area contributed by atoms with Crippen molar-refractivity contribution in [2.24, 2.45) is 0 Å². The predicted octanol–water partition coefficient (Wildman–Crippen LogP) is 0.981. The van der Waals surface area contributed by atoms with E-state index in [1.54, 1.807) is 4.13 Å². The van der Waals surface area contributed by atoms with E-state index in [2.05, 4.69) is 0 Å². The van der Waals surface area contributed by atoms with Gasteiger partial charge in [-0.25, -0.2) is 12.6 Å². The average molecular weight is 257 g/mol. The van der Waals surface area contributed by atoms with Crippen LogP contribution in [0.3, 0.4) is 0 Å². The molecule has 0 rings (SSSR count). The molecule has 0 bridgehead atoms. The van der Waals surface area contributed by atoms with Crippen LogP contribution >= 0.6 is 0 Å². The first-order valence-corrected chi connectivity index (χ1v) is 8.17. The molecule has 0 fully saturated rings. The summed E-state index contributed by atoms with van der Waals surface area (Å²) in [4.78, 5) is 0. The van der Waals surface area contributed by atoms with Crippen molar-refractivity contribution in [3.63, 3.8) is 0 Å². The molecule has 2 N–H and O–H groups in total. The van der Waals surface area contributed by atoms with E-state index in [9.17, 15) is 17.2 Å². The fourth-order valence-electron chi connectivity index (χ4n) is 0.870. The Bertz CT molecular complexity index is 379. The van der Waals surface area contributed by atoms with E-state index in [-0.39, 0.29) is 5.75 Å². The van der Waals surface area contributed by atoms with Gasteiger partial charge in [0.15, 0.2) is 9.99 Å². The second-order valence-electron chi connectivity index (χ2n) is 3.28. The van der Waals surface area contributed by atoms with Gasteiger partial charge in [-0.1, -0.05) is 26.7 Å². The van der Waals surface area contributed by atoms with E-state index in [1.165, 1.54) is 0 Å². The van der Waals surface area contributed by atoms with Crippen molar-refractivity contribution in [3.8, 4) is 0 Å². The van der Waals surface area contributed by atoms with Crippen molar-refractivity contribution in [2.45, 2.75) is 39.5 Å². The van der Waals surface area contributed by atoms with E-state index >= 15 is 0 Å². The summed E-state index contributed by atoms with van der Waals surface area (Å²) in [7, 11) is -7.18. The van der Waals surface area contributed by atoms with E-state index < -0.39 is 20.0 Å². The summed E-state index contributed by atoms with van der Waals surface area (Å²) in [6, 6.07) is 0. The fraction of sp³-hybridized carbons (Fsp3) is 0.875. The summed E-state index contributed by atoms with van der Waals surface area (Å²) in [5, 5.41) is 1.11. The molecule has 0 saturated heterocycles.